The highest BCUT2D eigenvalue weighted by atomic mass is 32.1. The van der Waals surface area contributed by atoms with Crippen LogP contribution in [0.2, 0.25) is 0 Å². The molecule has 1 N–H and O–H groups in total. The number of piperazine rings is 1. The summed E-state index contributed by atoms with van der Waals surface area (Å²) in [4.78, 5) is 9.38. The van der Waals surface area contributed by atoms with Crippen molar-refractivity contribution in [1.29, 1.82) is 0 Å². The Morgan fingerprint density at radius 2 is 2.42 bits per heavy atom. The van der Waals surface area contributed by atoms with Crippen LogP contribution in [0, 0.1) is 6.92 Å². The normalized spacial score (nSPS) is 20.8. The lowest BCUT2D eigenvalue weighted by atomic mass is 10.2. The standard InChI is InChI=1S/C13H18N4OS/c1-9-3-4-10(19-9)7-12-15-13(16-18-12)11-8-14-5-6-17(11)2/h3-4,11,14H,5-8H2,1-2H3. The Kier molecular flexibility index (Phi) is 3.63. The summed E-state index contributed by atoms with van der Waals surface area (Å²) in [7, 11) is 2.10. The van der Waals surface area contributed by atoms with E-state index in [0.717, 1.165) is 31.9 Å². The first kappa shape index (κ1) is 12.8. The van der Waals surface area contributed by atoms with Crippen LogP contribution in [0.25, 0.3) is 0 Å². The number of rotatable bonds is 3. The summed E-state index contributed by atoms with van der Waals surface area (Å²) in [5, 5.41) is 7.49. The minimum atomic E-state index is 0.219. The number of nitrogens with zero attached hydrogens (tertiary/aromatic N) is 3. The van der Waals surface area contributed by atoms with Gasteiger partial charge in [0.1, 0.15) is 0 Å². The fourth-order valence-electron chi connectivity index (χ4n) is 2.30. The third-order valence-electron chi connectivity index (χ3n) is 3.41. The van der Waals surface area contributed by atoms with Gasteiger partial charge >= 0.3 is 0 Å². The zero-order valence-electron chi connectivity index (χ0n) is 11.2. The van der Waals surface area contributed by atoms with Crippen molar-refractivity contribution in [2.24, 2.45) is 0 Å². The predicted octanol–water partition coefficient (Wildman–Crippen LogP) is 1.61. The SMILES string of the molecule is Cc1ccc(Cc2nc(C3CNCCN3C)no2)s1. The third-order valence-corrected chi connectivity index (χ3v) is 4.42. The summed E-state index contributed by atoms with van der Waals surface area (Å²) in [5.41, 5.74) is 0. The van der Waals surface area contributed by atoms with Gasteiger partial charge in [-0.05, 0) is 26.1 Å². The van der Waals surface area contributed by atoms with Gasteiger partial charge in [0.15, 0.2) is 5.82 Å². The molecule has 0 saturated carbocycles. The first-order valence-corrected chi connectivity index (χ1v) is 7.33. The van der Waals surface area contributed by atoms with E-state index in [1.807, 2.05) is 0 Å². The first-order chi connectivity index (χ1) is 9.22. The van der Waals surface area contributed by atoms with E-state index in [9.17, 15) is 0 Å². The maximum Gasteiger partial charge on any atom is 0.231 e. The van der Waals surface area contributed by atoms with Crippen LogP contribution in [0.4, 0.5) is 0 Å². The summed E-state index contributed by atoms with van der Waals surface area (Å²) in [5.74, 6) is 1.49. The van der Waals surface area contributed by atoms with Crippen LogP contribution in [-0.2, 0) is 6.42 Å². The van der Waals surface area contributed by atoms with Gasteiger partial charge in [-0.2, -0.15) is 4.98 Å². The molecule has 0 aliphatic carbocycles. The number of thiophene rings is 1. The number of likely N-dealkylation sites (N-methyl/N-ethyl adjacent to an activating group) is 1. The van der Waals surface area contributed by atoms with Crippen LogP contribution in [0.15, 0.2) is 16.7 Å². The number of hydrogen-bond donors (Lipinski definition) is 1. The Bertz CT molecular complexity index is 550. The van der Waals surface area contributed by atoms with E-state index in [-0.39, 0.29) is 6.04 Å². The fraction of sp³-hybridized carbons (Fsp3) is 0.538. The molecule has 1 unspecified atom stereocenters. The molecule has 0 spiro atoms. The number of aryl methyl sites for hydroxylation is 1. The third kappa shape index (κ3) is 2.86. The Morgan fingerprint density at radius 3 is 3.16 bits per heavy atom. The van der Waals surface area contributed by atoms with Crippen molar-refractivity contribution in [2.45, 2.75) is 19.4 Å². The van der Waals surface area contributed by atoms with Gasteiger partial charge in [-0.1, -0.05) is 5.16 Å². The van der Waals surface area contributed by atoms with Gasteiger partial charge in [-0.15, -0.1) is 11.3 Å². The summed E-state index contributed by atoms with van der Waals surface area (Å²) in [6, 6.07) is 4.46. The summed E-state index contributed by atoms with van der Waals surface area (Å²) >= 11 is 1.78. The van der Waals surface area contributed by atoms with Gasteiger partial charge in [0.05, 0.1) is 12.5 Å². The smallest absolute Gasteiger partial charge is 0.231 e. The molecular weight excluding hydrogens is 260 g/mol. The van der Waals surface area contributed by atoms with Crippen molar-refractivity contribution in [1.82, 2.24) is 20.4 Å². The second-order valence-electron chi connectivity index (χ2n) is 4.94. The van der Waals surface area contributed by atoms with Crippen molar-refractivity contribution in [2.75, 3.05) is 26.7 Å². The molecule has 1 aliphatic heterocycles. The second kappa shape index (κ2) is 5.40. The lowest BCUT2D eigenvalue weighted by molar-refractivity contribution is 0.190. The highest BCUT2D eigenvalue weighted by Crippen LogP contribution is 2.21. The van der Waals surface area contributed by atoms with Crippen molar-refractivity contribution in [3.63, 3.8) is 0 Å². The van der Waals surface area contributed by atoms with Crippen LogP contribution in [0.1, 0.15) is 27.5 Å². The summed E-state index contributed by atoms with van der Waals surface area (Å²) in [6.45, 7) is 5.02. The topological polar surface area (TPSA) is 54.2 Å². The molecular formula is C13H18N4OS. The van der Waals surface area contributed by atoms with Gasteiger partial charge < -0.3 is 9.84 Å². The molecule has 1 fully saturated rings. The Morgan fingerprint density at radius 1 is 1.53 bits per heavy atom. The zero-order chi connectivity index (χ0) is 13.2. The Balaban J connectivity index is 1.72. The molecule has 102 valence electrons. The van der Waals surface area contributed by atoms with E-state index in [2.05, 4.69) is 46.5 Å². The molecule has 2 aromatic heterocycles. The minimum absolute atomic E-state index is 0.219. The number of nitrogens with one attached hydrogen (secondary N) is 1. The molecule has 0 aromatic carbocycles. The van der Waals surface area contributed by atoms with Crippen molar-refractivity contribution in [3.8, 4) is 0 Å². The predicted molar refractivity (Wildman–Crippen MR) is 74.4 cm³/mol. The zero-order valence-corrected chi connectivity index (χ0v) is 12.0. The average Bonchev–Trinajstić information content (AvgIpc) is 3.00. The van der Waals surface area contributed by atoms with Gasteiger partial charge in [0, 0.05) is 29.4 Å². The van der Waals surface area contributed by atoms with Crippen molar-refractivity contribution >= 4 is 11.3 Å². The van der Waals surface area contributed by atoms with Crippen molar-refractivity contribution in [3.05, 3.63) is 33.6 Å². The Labute approximate surface area is 116 Å². The molecule has 3 heterocycles. The lowest BCUT2D eigenvalue weighted by Gasteiger charge is -2.30. The van der Waals surface area contributed by atoms with E-state index >= 15 is 0 Å². The van der Waals surface area contributed by atoms with E-state index in [1.165, 1.54) is 9.75 Å². The monoisotopic (exact) mass is 278 g/mol. The summed E-state index contributed by atoms with van der Waals surface area (Å²) < 4.78 is 5.37. The highest BCUT2D eigenvalue weighted by Gasteiger charge is 2.25. The number of hydrogen-bond acceptors (Lipinski definition) is 6. The molecule has 19 heavy (non-hydrogen) atoms. The van der Waals surface area contributed by atoms with Crippen LogP contribution in [0.5, 0.6) is 0 Å². The average molecular weight is 278 g/mol. The van der Waals surface area contributed by atoms with Gasteiger partial charge in [-0.25, -0.2) is 0 Å². The lowest BCUT2D eigenvalue weighted by Crippen LogP contribution is -2.44. The van der Waals surface area contributed by atoms with Crippen LogP contribution >= 0.6 is 11.3 Å². The largest absolute Gasteiger partial charge is 0.339 e. The fourth-order valence-corrected chi connectivity index (χ4v) is 3.18. The molecule has 2 aromatic rings. The van der Waals surface area contributed by atoms with E-state index in [1.54, 1.807) is 11.3 Å². The molecule has 0 amide bonds. The highest BCUT2D eigenvalue weighted by molar-refractivity contribution is 7.11. The van der Waals surface area contributed by atoms with Crippen LogP contribution in [0.3, 0.4) is 0 Å². The maximum atomic E-state index is 5.37. The molecule has 1 saturated heterocycles. The number of aromatic nitrogens is 2. The quantitative estimate of drug-likeness (QED) is 0.924. The Hall–Kier alpha value is -1.24. The first-order valence-electron chi connectivity index (χ1n) is 6.51. The van der Waals surface area contributed by atoms with Crippen LogP contribution < -0.4 is 5.32 Å². The molecule has 0 radical (unpaired) electrons. The second-order valence-corrected chi connectivity index (χ2v) is 6.31. The van der Waals surface area contributed by atoms with E-state index < -0.39 is 0 Å². The van der Waals surface area contributed by atoms with Gasteiger partial charge in [0.25, 0.3) is 0 Å². The molecule has 1 aliphatic rings. The molecule has 3 rings (SSSR count). The van der Waals surface area contributed by atoms with E-state index in [0.29, 0.717) is 5.89 Å². The molecule has 5 nitrogen and oxygen atoms in total. The summed E-state index contributed by atoms with van der Waals surface area (Å²) in [6.07, 6.45) is 0.732. The van der Waals surface area contributed by atoms with E-state index in [4.69, 9.17) is 4.52 Å². The molecule has 6 heteroatoms. The maximum absolute atomic E-state index is 5.37. The van der Waals surface area contributed by atoms with Crippen molar-refractivity contribution < 1.29 is 4.52 Å². The van der Waals surface area contributed by atoms with Gasteiger partial charge in [0.2, 0.25) is 5.89 Å². The minimum Gasteiger partial charge on any atom is -0.339 e. The van der Waals surface area contributed by atoms with Gasteiger partial charge in [-0.3, -0.25) is 4.90 Å². The molecule has 0 bridgehead atoms. The van der Waals surface area contributed by atoms with Crippen LogP contribution in [-0.4, -0.2) is 41.7 Å². The molecule has 1 atom stereocenters.